The average molecular weight is 302 g/mol. The van der Waals surface area contributed by atoms with Gasteiger partial charge in [-0.3, -0.25) is 8.37 Å². The Balaban J connectivity index is 4.54. The summed E-state index contributed by atoms with van der Waals surface area (Å²) < 4.78 is 53.6. The maximum absolute atomic E-state index is 11.1. The molecule has 0 fully saturated rings. The zero-order valence-corrected chi connectivity index (χ0v) is 13.0. The van der Waals surface area contributed by atoms with Crippen molar-refractivity contribution in [3.63, 3.8) is 0 Å². The van der Waals surface area contributed by atoms with Gasteiger partial charge >= 0.3 is 0 Å². The molecular weight excluding hydrogens is 280 g/mol. The molecule has 0 N–H and O–H groups in total. The molecule has 0 aromatic carbocycles. The van der Waals surface area contributed by atoms with Gasteiger partial charge in [0.15, 0.2) is 0 Å². The molecule has 110 valence electrons. The molecule has 0 saturated heterocycles. The molecule has 0 spiro atoms. The molecule has 0 amide bonds. The van der Waals surface area contributed by atoms with Crippen molar-refractivity contribution in [2.75, 3.05) is 19.1 Å². The zero-order chi connectivity index (χ0) is 14.6. The van der Waals surface area contributed by atoms with E-state index in [1.165, 1.54) is 0 Å². The molecule has 8 heteroatoms. The maximum atomic E-state index is 11.1. The van der Waals surface area contributed by atoms with Crippen LogP contribution in [0.1, 0.15) is 27.2 Å². The van der Waals surface area contributed by atoms with Crippen molar-refractivity contribution < 1.29 is 25.2 Å². The minimum atomic E-state index is -3.52. The minimum Gasteiger partial charge on any atom is -0.270 e. The van der Waals surface area contributed by atoms with Gasteiger partial charge in [0.2, 0.25) is 0 Å². The van der Waals surface area contributed by atoms with Gasteiger partial charge in [-0.25, -0.2) is 0 Å². The molecule has 18 heavy (non-hydrogen) atoms. The Morgan fingerprint density at radius 3 is 1.83 bits per heavy atom. The molecule has 0 radical (unpaired) electrons. The summed E-state index contributed by atoms with van der Waals surface area (Å²) in [5.41, 5.74) is 0. The summed E-state index contributed by atoms with van der Waals surface area (Å²) in [4.78, 5) is 0. The van der Waals surface area contributed by atoms with Gasteiger partial charge in [0.05, 0.1) is 25.2 Å². The second-order valence-corrected chi connectivity index (χ2v) is 7.82. The molecule has 0 aliphatic heterocycles. The molecule has 0 aliphatic rings. The first-order valence-corrected chi connectivity index (χ1v) is 9.32. The Morgan fingerprint density at radius 2 is 1.50 bits per heavy atom. The van der Waals surface area contributed by atoms with Crippen LogP contribution in [0.4, 0.5) is 0 Å². The summed E-state index contributed by atoms with van der Waals surface area (Å²) >= 11 is 0. The Bertz CT molecular complexity index is 439. The van der Waals surface area contributed by atoms with E-state index in [2.05, 4.69) is 0 Å². The fourth-order valence-corrected chi connectivity index (χ4v) is 2.72. The third kappa shape index (κ3) is 8.02. The summed E-state index contributed by atoms with van der Waals surface area (Å²) in [6.07, 6.45) is 2.03. The second-order valence-electron chi connectivity index (χ2n) is 4.57. The van der Waals surface area contributed by atoms with E-state index in [1.807, 2.05) is 13.8 Å². The summed E-state index contributed by atoms with van der Waals surface area (Å²) in [5.74, 6) is -0.266. The van der Waals surface area contributed by atoms with E-state index in [0.29, 0.717) is 6.42 Å². The smallest absolute Gasteiger partial charge is 0.264 e. The largest absolute Gasteiger partial charge is 0.270 e. The highest BCUT2D eigenvalue weighted by atomic mass is 32.2. The van der Waals surface area contributed by atoms with Crippen LogP contribution in [-0.2, 0) is 28.6 Å². The van der Waals surface area contributed by atoms with Gasteiger partial charge in [-0.15, -0.1) is 0 Å². The van der Waals surface area contributed by atoms with Crippen molar-refractivity contribution >= 4 is 20.2 Å². The SMILES string of the molecule is CC[C@@H](OS(C)(=O)=O)[C@H](C)C(C)COS(C)(=O)=O. The van der Waals surface area contributed by atoms with Crippen LogP contribution >= 0.6 is 0 Å². The normalized spacial score (nSPS) is 18.3. The highest BCUT2D eigenvalue weighted by Gasteiger charge is 2.26. The molecule has 0 aliphatic carbocycles. The van der Waals surface area contributed by atoms with E-state index >= 15 is 0 Å². The average Bonchev–Trinajstić information content (AvgIpc) is 2.19. The van der Waals surface area contributed by atoms with Gasteiger partial charge in [0, 0.05) is 0 Å². The molecule has 0 rings (SSSR count). The van der Waals surface area contributed by atoms with Gasteiger partial charge < -0.3 is 0 Å². The molecule has 6 nitrogen and oxygen atoms in total. The highest BCUT2D eigenvalue weighted by molar-refractivity contribution is 7.86. The Labute approximate surface area is 110 Å². The summed E-state index contributed by atoms with van der Waals surface area (Å²) in [6, 6.07) is 0. The Hall–Kier alpha value is -0.180. The van der Waals surface area contributed by atoms with Crippen LogP contribution in [0, 0.1) is 11.8 Å². The van der Waals surface area contributed by atoms with Gasteiger partial charge in [0.25, 0.3) is 20.2 Å². The van der Waals surface area contributed by atoms with E-state index in [9.17, 15) is 16.8 Å². The lowest BCUT2D eigenvalue weighted by molar-refractivity contribution is 0.0932. The topological polar surface area (TPSA) is 86.7 Å². The van der Waals surface area contributed by atoms with Crippen molar-refractivity contribution in [3.8, 4) is 0 Å². The van der Waals surface area contributed by atoms with E-state index in [4.69, 9.17) is 8.37 Å². The standard InChI is InChI=1S/C10H22O6S2/c1-6-10(16-18(5,13)14)9(3)8(2)7-15-17(4,11)12/h8-10H,6-7H2,1-5H3/t8?,9-,10-/m1/s1. The van der Waals surface area contributed by atoms with Gasteiger partial charge in [-0.2, -0.15) is 16.8 Å². The lowest BCUT2D eigenvalue weighted by Gasteiger charge is -2.26. The lowest BCUT2D eigenvalue weighted by Crippen LogP contribution is -2.31. The van der Waals surface area contributed by atoms with Crippen molar-refractivity contribution in [1.82, 2.24) is 0 Å². The van der Waals surface area contributed by atoms with E-state index in [1.54, 1.807) is 6.92 Å². The maximum Gasteiger partial charge on any atom is 0.264 e. The molecule has 0 bridgehead atoms. The summed E-state index contributed by atoms with van der Waals surface area (Å²) in [6.45, 7) is 5.44. The predicted octanol–water partition coefficient (Wildman–Crippen LogP) is 0.990. The fourth-order valence-electron chi connectivity index (χ4n) is 1.50. The van der Waals surface area contributed by atoms with Crippen LogP contribution in [0.15, 0.2) is 0 Å². The molecule has 0 aromatic rings. The third-order valence-corrected chi connectivity index (χ3v) is 3.89. The monoisotopic (exact) mass is 302 g/mol. The van der Waals surface area contributed by atoms with Crippen LogP contribution in [0.3, 0.4) is 0 Å². The molecule has 3 atom stereocenters. The highest BCUT2D eigenvalue weighted by Crippen LogP contribution is 2.22. The third-order valence-electron chi connectivity index (χ3n) is 2.73. The number of rotatable bonds is 8. The number of hydrogen-bond acceptors (Lipinski definition) is 6. The van der Waals surface area contributed by atoms with Gasteiger partial charge in [-0.05, 0) is 18.3 Å². The summed E-state index contributed by atoms with van der Waals surface area (Å²) in [7, 11) is -7.00. The van der Waals surface area contributed by atoms with Crippen LogP contribution in [0.2, 0.25) is 0 Å². The van der Waals surface area contributed by atoms with Crippen molar-refractivity contribution in [1.29, 1.82) is 0 Å². The first kappa shape index (κ1) is 17.8. The lowest BCUT2D eigenvalue weighted by atomic mass is 9.90. The molecule has 0 saturated carbocycles. The number of hydrogen-bond donors (Lipinski definition) is 0. The first-order valence-electron chi connectivity index (χ1n) is 5.69. The molecule has 0 aromatic heterocycles. The van der Waals surface area contributed by atoms with Crippen LogP contribution in [-0.4, -0.2) is 42.1 Å². The van der Waals surface area contributed by atoms with Crippen molar-refractivity contribution in [3.05, 3.63) is 0 Å². The Kier molecular flexibility index (Phi) is 6.77. The molecular formula is C10H22O6S2. The Morgan fingerprint density at radius 1 is 1.00 bits per heavy atom. The minimum absolute atomic E-state index is 0.0175. The molecule has 0 heterocycles. The van der Waals surface area contributed by atoms with Crippen molar-refractivity contribution in [2.24, 2.45) is 11.8 Å². The van der Waals surface area contributed by atoms with Crippen LogP contribution in [0.5, 0.6) is 0 Å². The first-order chi connectivity index (χ1) is 7.96. The summed E-state index contributed by atoms with van der Waals surface area (Å²) in [5, 5.41) is 0. The van der Waals surface area contributed by atoms with Gasteiger partial charge in [0.1, 0.15) is 0 Å². The fraction of sp³-hybridized carbons (Fsp3) is 1.00. The van der Waals surface area contributed by atoms with Gasteiger partial charge in [-0.1, -0.05) is 20.8 Å². The van der Waals surface area contributed by atoms with Crippen LogP contribution < -0.4 is 0 Å². The quantitative estimate of drug-likeness (QED) is 0.621. The van der Waals surface area contributed by atoms with E-state index < -0.39 is 26.3 Å². The predicted molar refractivity (Wildman–Crippen MR) is 69.1 cm³/mol. The van der Waals surface area contributed by atoms with Crippen molar-refractivity contribution in [2.45, 2.75) is 33.3 Å². The van der Waals surface area contributed by atoms with Crippen LogP contribution in [0.25, 0.3) is 0 Å². The zero-order valence-electron chi connectivity index (χ0n) is 11.4. The van der Waals surface area contributed by atoms with E-state index in [0.717, 1.165) is 12.5 Å². The van der Waals surface area contributed by atoms with E-state index in [-0.39, 0.29) is 18.4 Å². The second kappa shape index (κ2) is 6.83. The molecule has 1 unspecified atom stereocenters.